The summed E-state index contributed by atoms with van der Waals surface area (Å²) >= 11 is 1.68. The number of amides is 1. The zero-order valence-electron chi connectivity index (χ0n) is 12.8. The van der Waals surface area contributed by atoms with Gasteiger partial charge in [-0.25, -0.2) is 0 Å². The molecule has 0 aliphatic carbocycles. The number of carbonyl (C=O) groups excluding carboxylic acids is 1. The summed E-state index contributed by atoms with van der Waals surface area (Å²) in [5, 5.41) is 7.26. The van der Waals surface area contributed by atoms with Crippen molar-refractivity contribution in [1.29, 1.82) is 0 Å². The number of carbonyl (C=O) groups is 1. The first-order chi connectivity index (χ1) is 10.1. The van der Waals surface area contributed by atoms with Gasteiger partial charge < -0.3 is 10.2 Å². The van der Waals surface area contributed by atoms with E-state index in [2.05, 4.69) is 27.0 Å². The van der Waals surface area contributed by atoms with E-state index < -0.39 is 0 Å². The summed E-state index contributed by atoms with van der Waals surface area (Å²) in [4.78, 5) is 14.3. The van der Waals surface area contributed by atoms with Crippen LogP contribution in [0.3, 0.4) is 0 Å². The molecule has 0 aliphatic rings. The third-order valence-electron chi connectivity index (χ3n) is 3.66. The number of benzene rings is 1. The fourth-order valence-electron chi connectivity index (χ4n) is 2.32. The number of rotatable bonds is 6. The lowest BCUT2D eigenvalue weighted by Gasteiger charge is -2.24. The third kappa shape index (κ3) is 4.41. The van der Waals surface area contributed by atoms with Crippen LogP contribution in [0.5, 0.6) is 0 Å². The standard InChI is InChI=1S/C17H22N2OS/c1-13-6-4-5-7-14(13)10-17(20)18-11-16(19(2)3)15-8-9-21-12-15/h4-9,12,16H,10-11H2,1-3H3,(H,18,20)/t16-/m0/s1. The molecule has 1 aromatic carbocycles. The predicted molar refractivity (Wildman–Crippen MR) is 88.6 cm³/mol. The molecular weight excluding hydrogens is 280 g/mol. The first-order valence-corrected chi connectivity index (χ1v) is 8.02. The van der Waals surface area contributed by atoms with Crippen LogP contribution in [0.25, 0.3) is 0 Å². The Balaban J connectivity index is 1.92. The molecule has 1 N–H and O–H groups in total. The molecule has 0 fully saturated rings. The van der Waals surface area contributed by atoms with Gasteiger partial charge in [-0.3, -0.25) is 4.79 Å². The molecule has 0 radical (unpaired) electrons. The van der Waals surface area contributed by atoms with E-state index in [9.17, 15) is 4.79 Å². The lowest BCUT2D eigenvalue weighted by molar-refractivity contribution is -0.120. The second-order valence-electron chi connectivity index (χ2n) is 5.44. The van der Waals surface area contributed by atoms with Gasteiger partial charge in [-0.05, 0) is 54.5 Å². The Hall–Kier alpha value is -1.65. The molecule has 4 heteroatoms. The topological polar surface area (TPSA) is 32.3 Å². The molecule has 1 heterocycles. The predicted octanol–water partition coefficient (Wildman–Crippen LogP) is 3.02. The molecule has 21 heavy (non-hydrogen) atoms. The Kier molecular flexibility index (Phi) is 5.53. The third-order valence-corrected chi connectivity index (χ3v) is 4.36. The normalized spacial score (nSPS) is 12.4. The van der Waals surface area contributed by atoms with Gasteiger partial charge in [0.25, 0.3) is 0 Å². The van der Waals surface area contributed by atoms with Gasteiger partial charge in [-0.2, -0.15) is 11.3 Å². The number of thiophene rings is 1. The maximum absolute atomic E-state index is 12.1. The summed E-state index contributed by atoms with van der Waals surface area (Å²) < 4.78 is 0. The van der Waals surface area contributed by atoms with Crippen LogP contribution in [0, 0.1) is 6.92 Å². The van der Waals surface area contributed by atoms with Gasteiger partial charge in [0, 0.05) is 6.54 Å². The Bertz CT molecular complexity index is 578. The van der Waals surface area contributed by atoms with Gasteiger partial charge in [0.1, 0.15) is 0 Å². The molecule has 0 saturated heterocycles. The largest absolute Gasteiger partial charge is 0.354 e. The summed E-state index contributed by atoms with van der Waals surface area (Å²) in [6.45, 7) is 2.67. The highest BCUT2D eigenvalue weighted by molar-refractivity contribution is 7.07. The highest BCUT2D eigenvalue weighted by atomic mass is 32.1. The summed E-state index contributed by atoms with van der Waals surface area (Å²) in [6, 6.07) is 10.4. The van der Waals surface area contributed by atoms with Crippen molar-refractivity contribution in [2.75, 3.05) is 20.6 Å². The van der Waals surface area contributed by atoms with Gasteiger partial charge in [0.15, 0.2) is 0 Å². The van der Waals surface area contributed by atoms with Gasteiger partial charge in [-0.15, -0.1) is 0 Å². The molecule has 2 rings (SSSR count). The number of hydrogen-bond acceptors (Lipinski definition) is 3. The minimum absolute atomic E-state index is 0.0754. The zero-order chi connectivity index (χ0) is 15.2. The molecule has 112 valence electrons. The number of nitrogens with zero attached hydrogens (tertiary/aromatic N) is 1. The van der Waals surface area contributed by atoms with E-state index in [0.29, 0.717) is 13.0 Å². The molecule has 0 bridgehead atoms. The van der Waals surface area contributed by atoms with Crippen LogP contribution in [0.2, 0.25) is 0 Å². The van der Waals surface area contributed by atoms with Crippen LogP contribution in [0.1, 0.15) is 22.7 Å². The molecule has 1 amide bonds. The van der Waals surface area contributed by atoms with E-state index >= 15 is 0 Å². The van der Waals surface area contributed by atoms with Gasteiger partial charge in [0.2, 0.25) is 5.91 Å². The number of nitrogens with one attached hydrogen (secondary N) is 1. The lowest BCUT2D eigenvalue weighted by atomic mass is 10.1. The average Bonchev–Trinajstić information content (AvgIpc) is 2.95. The number of hydrogen-bond donors (Lipinski definition) is 1. The summed E-state index contributed by atoms with van der Waals surface area (Å²) in [7, 11) is 4.08. The van der Waals surface area contributed by atoms with Crippen LogP contribution in [0.4, 0.5) is 0 Å². The molecule has 0 unspecified atom stereocenters. The van der Waals surface area contributed by atoms with E-state index in [1.54, 1.807) is 11.3 Å². The molecule has 1 atom stereocenters. The number of aryl methyl sites for hydroxylation is 1. The Morgan fingerprint density at radius 1 is 1.29 bits per heavy atom. The molecule has 0 saturated carbocycles. The Morgan fingerprint density at radius 2 is 2.05 bits per heavy atom. The molecule has 0 spiro atoms. The van der Waals surface area contributed by atoms with Crippen LogP contribution in [-0.2, 0) is 11.2 Å². The van der Waals surface area contributed by atoms with E-state index in [-0.39, 0.29) is 11.9 Å². The quantitative estimate of drug-likeness (QED) is 0.889. The highest BCUT2D eigenvalue weighted by Crippen LogP contribution is 2.20. The smallest absolute Gasteiger partial charge is 0.224 e. The van der Waals surface area contributed by atoms with Crippen molar-refractivity contribution in [2.24, 2.45) is 0 Å². The van der Waals surface area contributed by atoms with E-state index in [4.69, 9.17) is 0 Å². The fourth-order valence-corrected chi connectivity index (χ4v) is 3.02. The summed E-state index contributed by atoms with van der Waals surface area (Å²) in [6.07, 6.45) is 0.441. The van der Waals surface area contributed by atoms with Crippen LogP contribution in [0.15, 0.2) is 41.1 Å². The molecule has 1 aromatic heterocycles. The van der Waals surface area contributed by atoms with E-state index in [1.807, 2.05) is 45.3 Å². The van der Waals surface area contributed by atoms with E-state index in [0.717, 1.165) is 11.1 Å². The SMILES string of the molecule is Cc1ccccc1CC(=O)NC[C@@H](c1ccsc1)N(C)C. The molecule has 3 nitrogen and oxygen atoms in total. The Morgan fingerprint density at radius 3 is 2.67 bits per heavy atom. The lowest BCUT2D eigenvalue weighted by Crippen LogP contribution is -2.35. The van der Waals surface area contributed by atoms with Crippen LogP contribution < -0.4 is 5.32 Å². The van der Waals surface area contributed by atoms with Crippen molar-refractivity contribution < 1.29 is 4.79 Å². The number of likely N-dealkylation sites (N-methyl/N-ethyl adjacent to an activating group) is 1. The van der Waals surface area contributed by atoms with Crippen molar-refractivity contribution in [3.05, 3.63) is 57.8 Å². The molecule has 2 aromatic rings. The van der Waals surface area contributed by atoms with Crippen molar-refractivity contribution >= 4 is 17.2 Å². The summed E-state index contributed by atoms with van der Waals surface area (Å²) in [5.41, 5.74) is 3.50. The molecule has 0 aliphatic heterocycles. The van der Waals surface area contributed by atoms with Crippen molar-refractivity contribution in [2.45, 2.75) is 19.4 Å². The van der Waals surface area contributed by atoms with Crippen LogP contribution >= 0.6 is 11.3 Å². The first kappa shape index (κ1) is 15.7. The first-order valence-electron chi connectivity index (χ1n) is 7.07. The van der Waals surface area contributed by atoms with Crippen molar-refractivity contribution in [1.82, 2.24) is 10.2 Å². The molecular formula is C17H22N2OS. The van der Waals surface area contributed by atoms with Crippen molar-refractivity contribution in [3.8, 4) is 0 Å². The second-order valence-corrected chi connectivity index (χ2v) is 6.22. The summed E-state index contributed by atoms with van der Waals surface area (Å²) in [5.74, 6) is 0.0754. The monoisotopic (exact) mass is 302 g/mol. The average molecular weight is 302 g/mol. The maximum Gasteiger partial charge on any atom is 0.224 e. The minimum atomic E-state index is 0.0754. The minimum Gasteiger partial charge on any atom is -0.354 e. The van der Waals surface area contributed by atoms with Crippen molar-refractivity contribution in [3.63, 3.8) is 0 Å². The second kappa shape index (κ2) is 7.38. The van der Waals surface area contributed by atoms with Crippen LogP contribution in [-0.4, -0.2) is 31.4 Å². The zero-order valence-corrected chi connectivity index (χ0v) is 13.6. The fraction of sp³-hybridized carbons (Fsp3) is 0.353. The van der Waals surface area contributed by atoms with Gasteiger partial charge in [-0.1, -0.05) is 24.3 Å². The van der Waals surface area contributed by atoms with Gasteiger partial charge >= 0.3 is 0 Å². The highest BCUT2D eigenvalue weighted by Gasteiger charge is 2.15. The Labute approximate surface area is 130 Å². The van der Waals surface area contributed by atoms with Gasteiger partial charge in [0.05, 0.1) is 12.5 Å². The van der Waals surface area contributed by atoms with E-state index in [1.165, 1.54) is 5.56 Å². The maximum atomic E-state index is 12.1.